The topological polar surface area (TPSA) is 93.5 Å². The van der Waals surface area contributed by atoms with Crippen LogP contribution in [0.25, 0.3) is 0 Å². The van der Waals surface area contributed by atoms with E-state index in [9.17, 15) is 9.59 Å². The van der Waals surface area contributed by atoms with E-state index in [0.29, 0.717) is 18.7 Å². The highest BCUT2D eigenvalue weighted by Crippen LogP contribution is 2.09. The van der Waals surface area contributed by atoms with Crippen LogP contribution < -0.4 is 16.4 Å². The molecule has 128 valence electrons. The molecule has 0 unspecified atom stereocenters. The van der Waals surface area contributed by atoms with Crippen molar-refractivity contribution in [2.24, 2.45) is 5.73 Å². The summed E-state index contributed by atoms with van der Waals surface area (Å²) < 4.78 is 5.10. The van der Waals surface area contributed by atoms with Gasteiger partial charge in [-0.3, -0.25) is 0 Å². The molecule has 0 bridgehead atoms. The summed E-state index contributed by atoms with van der Waals surface area (Å²) in [5.74, 6) is 5.90. The second-order valence-corrected chi connectivity index (χ2v) is 5.11. The molecule has 0 spiro atoms. The Hall–Kier alpha value is -3.46. The molecule has 0 fully saturated rings. The monoisotopic (exact) mass is 337 g/mol. The maximum atomic E-state index is 11.6. The first-order valence-electron chi connectivity index (χ1n) is 7.73. The first-order chi connectivity index (χ1) is 12.1. The number of hydrogen-bond acceptors (Lipinski definition) is 3. The number of alkyl carbamates (subject to hydrolysis) is 1. The number of primary amides is 1. The number of rotatable bonds is 5. The van der Waals surface area contributed by atoms with Gasteiger partial charge in [0, 0.05) is 24.2 Å². The van der Waals surface area contributed by atoms with E-state index in [1.807, 2.05) is 36.4 Å². The van der Waals surface area contributed by atoms with Gasteiger partial charge in [-0.15, -0.1) is 0 Å². The van der Waals surface area contributed by atoms with Crippen molar-refractivity contribution in [2.75, 3.05) is 11.9 Å². The third-order valence-electron chi connectivity index (χ3n) is 3.09. The summed E-state index contributed by atoms with van der Waals surface area (Å²) in [6.45, 7) is 0.623. The molecule has 0 saturated carbocycles. The Bertz CT molecular complexity index is 779. The molecule has 6 nitrogen and oxygen atoms in total. The lowest BCUT2D eigenvalue weighted by Crippen LogP contribution is -2.24. The molecule has 0 radical (unpaired) electrons. The zero-order valence-electron chi connectivity index (χ0n) is 13.6. The van der Waals surface area contributed by atoms with Crippen LogP contribution in [0.3, 0.4) is 0 Å². The van der Waals surface area contributed by atoms with Gasteiger partial charge in [0.1, 0.15) is 6.61 Å². The summed E-state index contributed by atoms with van der Waals surface area (Å²) in [5.41, 5.74) is 7.33. The van der Waals surface area contributed by atoms with Crippen molar-refractivity contribution < 1.29 is 14.3 Å². The normalized spacial score (nSPS) is 9.44. The Morgan fingerprint density at radius 2 is 1.88 bits per heavy atom. The molecule has 0 heterocycles. The molecular formula is C19H19N3O3. The second kappa shape index (κ2) is 9.63. The van der Waals surface area contributed by atoms with Crippen LogP contribution in [0.15, 0.2) is 54.6 Å². The largest absolute Gasteiger partial charge is 0.445 e. The van der Waals surface area contributed by atoms with E-state index >= 15 is 0 Å². The van der Waals surface area contributed by atoms with Crippen LogP contribution >= 0.6 is 0 Å². The third-order valence-corrected chi connectivity index (χ3v) is 3.09. The lowest BCUT2D eigenvalue weighted by Gasteiger charge is -2.05. The van der Waals surface area contributed by atoms with Gasteiger partial charge in [0.25, 0.3) is 0 Å². The number of ether oxygens (including phenoxy) is 1. The van der Waals surface area contributed by atoms with E-state index in [1.165, 1.54) is 0 Å². The lowest BCUT2D eigenvalue weighted by molar-refractivity contribution is 0.140. The highest BCUT2D eigenvalue weighted by molar-refractivity contribution is 5.87. The number of anilines is 1. The Morgan fingerprint density at radius 3 is 2.64 bits per heavy atom. The van der Waals surface area contributed by atoms with Gasteiger partial charge in [-0.25, -0.2) is 9.59 Å². The number of nitrogens with one attached hydrogen (secondary N) is 2. The zero-order valence-corrected chi connectivity index (χ0v) is 13.6. The van der Waals surface area contributed by atoms with Gasteiger partial charge >= 0.3 is 12.1 Å². The van der Waals surface area contributed by atoms with E-state index in [0.717, 1.165) is 11.1 Å². The minimum atomic E-state index is -0.622. The summed E-state index contributed by atoms with van der Waals surface area (Å²) in [6.07, 6.45) is 0.00628. The van der Waals surface area contributed by atoms with Gasteiger partial charge in [0.2, 0.25) is 0 Å². The fraction of sp³-hybridized carbons (Fsp3) is 0.158. The molecule has 2 aromatic rings. The summed E-state index contributed by atoms with van der Waals surface area (Å²) in [5, 5.41) is 5.13. The van der Waals surface area contributed by atoms with E-state index in [4.69, 9.17) is 10.5 Å². The molecule has 2 aromatic carbocycles. The fourth-order valence-corrected chi connectivity index (χ4v) is 1.98. The van der Waals surface area contributed by atoms with E-state index in [1.54, 1.807) is 18.2 Å². The van der Waals surface area contributed by atoms with Gasteiger partial charge in [0.05, 0.1) is 0 Å². The molecule has 0 aliphatic heterocycles. The molecule has 2 rings (SSSR count). The molecule has 0 saturated heterocycles. The number of nitrogens with two attached hydrogens (primary N) is 1. The zero-order chi connectivity index (χ0) is 17.9. The first-order valence-corrected chi connectivity index (χ1v) is 7.73. The molecule has 0 aliphatic carbocycles. The van der Waals surface area contributed by atoms with Crippen LogP contribution in [-0.4, -0.2) is 18.7 Å². The van der Waals surface area contributed by atoms with E-state index in [2.05, 4.69) is 22.5 Å². The average molecular weight is 337 g/mol. The van der Waals surface area contributed by atoms with Gasteiger partial charge in [-0.1, -0.05) is 48.2 Å². The molecule has 0 atom stereocenters. The quantitative estimate of drug-likeness (QED) is 0.578. The van der Waals surface area contributed by atoms with Crippen molar-refractivity contribution in [2.45, 2.75) is 13.0 Å². The number of urea groups is 1. The number of benzene rings is 2. The summed E-state index contributed by atoms with van der Waals surface area (Å²) in [4.78, 5) is 22.4. The van der Waals surface area contributed by atoms with Crippen molar-refractivity contribution >= 4 is 17.8 Å². The lowest BCUT2D eigenvalue weighted by atomic mass is 10.2. The maximum absolute atomic E-state index is 11.6. The van der Waals surface area contributed by atoms with Crippen molar-refractivity contribution in [3.8, 4) is 11.8 Å². The van der Waals surface area contributed by atoms with E-state index in [-0.39, 0.29) is 6.61 Å². The molecule has 0 aliphatic rings. The smallest absolute Gasteiger partial charge is 0.407 e. The minimum Gasteiger partial charge on any atom is -0.445 e. The van der Waals surface area contributed by atoms with Gasteiger partial charge < -0.3 is 21.1 Å². The van der Waals surface area contributed by atoms with Crippen LogP contribution in [0.5, 0.6) is 0 Å². The standard InChI is InChI=1S/C19H19N3O3/c20-18(23)22-17-11-6-10-15(13-17)7-4-5-12-21-19(24)25-14-16-8-2-1-3-9-16/h1-3,6,8-11,13H,5,12,14H2,(H,21,24)(H3,20,22,23). The number of amides is 3. The van der Waals surface area contributed by atoms with E-state index < -0.39 is 12.1 Å². The van der Waals surface area contributed by atoms with Crippen molar-refractivity contribution in [1.29, 1.82) is 0 Å². The third kappa shape index (κ3) is 7.10. The molecule has 25 heavy (non-hydrogen) atoms. The Labute approximate surface area is 146 Å². The van der Waals surface area contributed by atoms with Crippen LogP contribution in [0.1, 0.15) is 17.5 Å². The molecule has 6 heteroatoms. The SMILES string of the molecule is NC(=O)Nc1cccc(C#CCCNC(=O)OCc2ccccc2)c1. The molecule has 3 amide bonds. The first kappa shape index (κ1) is 17.9. The average Bonchev–Trinajstić information content (AvgIpc) is 2.60. The highest BCUT2D eigenvalue weighted by Gasteiger charge is 2.00. The minimum absolute atomic E-state index is 0.234. The van der Waals surface area contributed by atoms with Crippen LogP contribution in [0.4, 0.5) is 15.3 Å². The Morgan fingerprint density at radius 1 is 1.08 bits per heavy atom. The predicted molar refractivity (Wildman–Crippen MR) is 95.8 cm³/mol. The number of carbonyl (C=O) groups is 2. The summed E-state index contributed by atoms with van der Waals surface area (Å²) in [6, 6.07) is 15.9. The van der Waals surface area contributed by atoms with Crippen LogP contribution in [0, 0.1) is 11.8 Å². The Balaban J connectivity index is 1.70. The number of hydrogen-bond donors (Lipinski definition) is 3. The van der Waals surface area contributed by atoms with Crippen molar-refractivity contribution in [1.82, 2.24) is 5.32 Å². The van der Waals surface area contributed by atoms with Crippen molar-refractivity contribution in [3.05, 3.63) is 65.7 Å². The second-order valence-electron chi connectivity index (χ2n) is 5.11. The van der Waals surface area contributed by atoms with Crippen LogP contribution in [-0.2, 0) is 11.3 Å². The molecular weight excluding hydrogens is 318 g/mol. The van der Waals surface area contributed by atoms with Gasteiger partial charge in [-0.05, 0) is 23.8 Å². The maximum Gasteiger partial charge on any atom is 0.407 e. The van der Waals surface area contributed by atoms with Gasteiger partial charge in [0.15, 0.2) is 0 Å². The predicted octanol–water partition coefficient (Wildman–Crippen LogP) is 2.85. The summed E-state index contributed by atoms with van der Waals surface area (Å²) >= 11 is 0. The number of carbonyl (C=O) groups excluding carboxylic acids is 2. The summed E-state index contributed by atoms with van der Waals surface area (Å²) in [7, 11) is 0. The van der Waals surface area contributed by atoms with Crippen LogP contribution in [0.2, 0.25) is 0 Å². The molecule has 4 N–H and O–H groups in total. The fourth-order valence-electron chi connectivity index (χ4n) is 1.98. The van der Waals surface area contributed by atoms with Crippen molar-refractivity contribution in [3.63, 3.8) is 0 Å². The molecule has 0 aromatic heterocycles. The Kier molecular flexibility index (Phi) is 6.89. The van der Waals surface area contributed by atoms with Gasteiger partial charge in [-0.2, -0.15) is 0 Å². The highest BCUT2D eigenvalue weighted by atomic mass is 16.5.